The van der Waals surface area contributed by atoms with Gasteiger partial charge in [-0.15, -0.1) is 11.3 Å². The molecule has 0 aliphatic carbocycles. The van der Waals surface area contributed by atoms with Gasteiger partial charge in [-0.05, 0) is 25.0 Å². The van der Waals surface area contributed by atoms with Crippen molar-refractivity contribution in [3.8, 4) is 0 Å². The van der Waals surface area contributed by atoms with Gasteiger partial charge in [-0.25, -0.2) is 19.7 Å². The minimum atomic E-state index is -1.00. The van der Waals surface area contributed by atoms with Crippen LogP contribution in [0, 0.1) is 6.92 Å². The molecule has 0 aliphatic heterocycles. The molecular formula is C14H15N3O2S. The highest BCUT2D eigenvalue weighted by atomic mass is 32.1. The smallest absolute Gasteiger partial charge is 0.339 e. The Hall–Kier alpha value is -2.08. The van der Waals surface area contributed by atoms with Crippen LogP contribution >= 0.6 is 11.3 Å². The minimum Gasteiger partial charge on any atom is -0.478 e. The maximum absolute atomic E-state index is 11.1. The van der Waals surface area contributed by atoms with Crippen molar-refractivity contribution in [3.05, 3.63) is 39.4 Å². The van der Waals surface area contributed by atoms with Gasteiger partial charge in [0.05, 0.1) is 11.3 Å². The lowest BCUT2D eigenvalue weighted by atomic mass is 10.1. The third-order valence-electron chi connectivity index (χ3n) is 2.63. The summed E-state index contributed by atoms with van der Waals surface area (Å²) in [7, 11) is 0. The van der Waals surface area contributed by atoms with Crippen LogP contribution in [-0.4, -0.2) is 26.0 Å². The van der Waals surface area contributed by atoms with E-state index in [0.717, 1.165) is 9.88 Å². The predicted molar refractivity (Wildman–Crippen MR) is 78.9 cm³/mol. The summed E-state index contributed by atoms with van der Waals surface area (Å²) in [5.74, 6) is -0.482. The molecule has 6 heteroatoms. The number of thiazole rings is 1. The van der Waals surface area contributed by atoms with Crippen molar-refractivity contribution in [1.82, 2.24) is 15.0 Å². The maximum atomic E-state index is 11.1. The van der Waals surface area contributed by atoms with Crippen LogP contribution in [0.3, 0.4) is 0 Å². The molecule has 2 heterocycles. The van der Waals surface area contributed by atoms with Crippen molar-refractivity contribution in [2.45, 2.75) is 26.7 Å². The molecule has 0 bridgehead atoms. The average Bonchev–Trinajstić information content (AvgIpc) is 2.81. The fraction of sp³-hybridized carbons (Fsp3) is 0.286. The van der Waals surface area contributed by atoms with Gasteiger partial charge in [0.25, 0.3) is 0 Å². The molecule has 0 amide bonds. The topological polar surface area (TPSA) is 76.0 Å². The standard InChI is InChI=1S/C14H15N3O2S/c1-8(2)13-10(14(18)19)7-15-11(17-13)4-5-12-16-6-9(3)20-12/h4-8H,1-3H3,(H,18,19)/b5-4+. The summed E-state index contributed by atoms with van der Waals surface area (Å²) >= 11 is 1.58. The minimum absolute atomic E-state index is 0.0263. The van der Waals surface area contributed by atoms with Crippen molar-refractivity contribution in [2.24, 2.45) is 0 Å². The first-order valence-electron chi connectivity index (χ1n) is 6.18. The molecule has 0 atom stereocenters. The zero-order valence-corrected chi connectivity index (χ0v) is 12.3. The van der Waals surface area contributed by atoms with Crippen LogP contribution in [0.2, 0.25) is 0 Å². The lowest BCUT2D eigenvalue weighted by molar-refractivity contribution is 0.0694. The van der Waals surface area contributed by atoms with Crippen LogP contribution in [0.4, 0.5) is 0 Å². The van der Waals surface area contributed by atoms with Gasteiger partial charge in [0, 0.05) is 17.3 Å². The summed E-state index contributed by atoms with van der Waals surface area (Å²) in [5, 5.41) is 9.98. The Balaban J connectivity index is 2.31. The van der Waals surface area contributed by atoms with Crippen LogP contribution in [-0.2, 0) is 0 Å². The average molecular weight is 289 g/mol. The SMILES string of the molecule is Cc1cnc(/C=C/c2ncc(C(=O)O)c(C(C)C)n2)s1. The Morgan fingerprint density at radius 1 is 1.30 bits per heavy atom. The molecule has 0 spiro atoms. The lowest BCUT2D eigenvalue weighted by Gasteiger charge is -2.08. The summed E-state index contributed by atoms with van der Waals surface area (Å²) in [6, 6.07) is 0. The number of hydrogen-bond acceptors (Lipinski definition) is 5. The Bertz CT molecular complexity index is 662. The van der Waals surface area contributed by atoms with E-state index in [-0.39, 0.29) is 11.5 Å². The molecule has 0 unspecified atom stereocenters. The zero-order chi connectivity index (χ0) is 14.7. The third kappa shape index (κ3) is 3.27. The number of aromatic nitrogens is 3. The monoisotopic (exact) mass is 289 g/mol. The second kappa shape index (κ2) is 5.92. The van der Waals surface area contributed by atoms with Gasteiger partial charge in [-0.2, -0.15) is 0 Å². The molecule has 20 heavy (non-hydrogen) atoms. The van der Waals surface area contributed by atoms with Crippen molar-refractivity contribution >= 4 is 29.5 Å². The van der Waals surface area contributed by atoms with Crippen molar-refractivity contribution in [3.63, 3.8) is 0 Å². The van der Waals surface area contributed by atoms with E-state index in [4.69, 9.17) is 5.11 Å². The summed E-state index contributed by atoms with van der Waals surface area (Å²) in [4.78, 5) is 24.8. The van der Waals surface area contributed by atoms with Crippen molar-refractivity contribution < 1.29 is 9.90 Å². The van der Waals surface area contributed by atoms with E-state index >= 15 is 0 Å². The molecule has 104 valence electrons. The van der Waals surface area contributed by atoms with E-state index in [2.05, 4.69) is 15.0 Å². The fourth-order valence-corrected chi connectivity index (χ4v) is 2.37. The van der Waals surface area contributed by atoms with Gasteiger partial charge in [0.1, 0.15) is 5.01 Å². The van der Waals surface area contributed by atoms with E-state index in [9.17, 15) is 4.79 Å². The van der Waals surface area contributed by atoms with Gasteiger partial charge in [-0.3, -0.25) is 0 Å². The van der Waals surface area contributed by atoms with Gasteiger partial charge < -0.3 is 5.11 Å². The fourth-order valence-electron chi connectivity index (χ4n) is 1.69. The number of rotatable bonds is 4. The number of hydrogen-bond donors (Lipinski definition) is 1. The van der Waals surface area contributed by atoms with Gasteiger partial charge >= 0.3 is 5.97 Å². The first-order chi connectivity index (χ1) is 9.47. The molecule has 0 saturated carbocycles. The predicted octanol–water partition coefficient (Wildman–Crippen LogP) is 3.23. The molecule has 0 saturated heterocycles. The zero-order valence-electron chi connectivity index (χ0n) is 11.5. The van der Waals surface area contributed by atoms with Gasteiger partial charge in [0.2, 0.25) is 0 Å². The molecular weight excluding hydrogens is 274 g/mol. The largest absolute Gasteiger partial charge is 0.478 e. The number of aromatic carboxylic acids is 1. The van der Waals surface area contributed by atoms with Crippen LogP contribution in [0.5, 0.6) is 0 Å². The molecule has 0 aliphatic rings. The number of carboxylic acids is 1. The van der Waals surface area contributed by atoms with Gasteiger partial charge in [0.15, 0.2) is 5.82 Å². The highest BCUT2D eigenvalue weighted by Gasteiger charge is 2.15. The number of aryl methyl sites for hydroxylation is 1. The van der Waals surface area contributed by atoms with E-state index in [1.165, 1.54) is 6.20 Å². The van der Waals surface area contributed by atoms with E-state index in [1.54, 1.807) is 23.6 Å². The van der Waals surface area contributed by atoms with E-state index in [1.807, 2.05) is 26.8 Å². The first-order valence-corrected chi connectivity index (χ1v) is 6.99. The first kappa shape index (κ1) is 14.3. The lowest BCUT2D eigenvalue weighted by Crippen LogP contribution is -2.08. The molecule has 0 fully saturated rings. The van der Waals surface area contributed by atoms with Crippen LogP contribution < -0.4 is 0 Å². The molecule has 2 aromatic rings. The molecule has 5 nitrogen and oxygen atoms in total. The van der Waals surface area contributed by atoms with Crippen LogP contribution in [0.1, 0.15) is 51.5 Å². The Labute approximate surface area is 121 Å². The second-order valence-corrected chi connectivity index (χ2v) is 5.90. The second-order valence-electron chi connectivity index (χ2n) is 4.63. The normalized spacial score (nSPS) is 11.4. The summed E-state index contributed by atoms with van der Waals surface area (Å²) in [5.41, 5.74) is 0.699. The Morgan fingerprint density at radius 3 is 2.60 bits per heavy atom. The van der Waals surface area contributed by atoms with E-state index < -0.39 is 5.97 Å². The maximum Gasteiger partial charge on any atom is 0.339 e. The molecule has 2 rings (SSSR count). The Morgan fingerprint density at radius 2 is 2.05 bits per heavy atom. The van der Waals surface area contributed by atoms with Crippen molar-refractivity contribution in [1.29, 1.82) is 0 Å². The molecule has 1 N–H and O–H groups in total. The number of nitrogens with zero attached hydrogens (tertiary/aromatic N) is 3. The summed E-state index contributed by atoms with van der Waals surface area (Å²) < 4.78 is 0. The van der Waals surface area contributed by atoms with Crippen LogP contribution in [0.15, 0.2) is 12.4 Å². The number of carbonyl (C=O) groups is 1. The molecule has 0 radical (unpaired) electrons. The Kier molecular flexibility index (Phi) is 4.24. The van der Waals surface area contributed by atoms with Gasteiger partial charge in [-0.1, -0.05) is 13.8 Å². The molecule has 0 aromatic carbocycles. The van der Waals surface area contributed by atoms with E-state index in [0.29, 0.717) is 11.5 Å². The number of carboxylic acid groups (broad SMARTS) is 1. The molecule has 2 aromatic heterocycles. The summed E-state index contributed by atoms with van der Waals surface area (Å²) in [6.45, 7) is 5.81. The third-order valence-corrected chi connectivity index (χ3v) is 3.51. The van der Waals surface area contributed by atoms with Crippen LogP contribution in [0.25, 0.3) is 12.2 Å². The highest BCUT2D eigenvalue weighted by Crippen LogP contribution is 2.18. The quantitative estimate of drug-likeness (QED) is 0.935. The van der Waals surface area contributed by atoms with Crippen molar-refractivity contribution in [2.75, 3.05) is 0 Å². The summed E-state index contributed by atoms with van der Waals surface area (Å²) in [6.07, 6.45) is 6.74. The highest BCUT2D eigenvalue weighted by molar-refractivity contribution is 7.12.